The van der Waals surface area contributed by atoms with Gasteiger partial charge < -0.3 is 0 Å². The average Bonchev–Trinajstić information content (AvgIpc) is 3.22. The lowest BCUT2D eigenvalue weighted by Gasteiger charge is -2.18. The minimum atomic E-state index is -0.914. The number of hydrogen-bond acceptors (Lipinski definition) is 0. The van der Waals surface area contributed by atoms with E-state index in [0.29, 0.717) is 10.9 Å². The number of benzene rings is 8. The van der Waals surface area contributed by atoms with Gasteiger partial charge in [0.2, 0.25) is 0 Å². The van der Waals surface area contributed by atoms with Crippen LogP contribution in [0.3, 0.4) is 0 Å². The predicted molar refractivity (Wildman–Crippen MR) is 173 cm³/mol. The Morgan fingerprint density at radius 2 is 0.925 bits per heavy atom. The molecule has 0 nitrogen and oxygen atoms in total. The van der Waals surface area contributed by atoms with Gasteiger partial charge in [0, 0.05) is 0 Å². The molecule has 0 radical (unpaired) electrons. The van der Waals surface area contributed by atoms with Gasteiger partial charge in [-0.1, -0.05) is 145 Å². The fraction of sp³-hybridized carbons (Fsp3) is 0. The van der Waals surface area contributed by atoms with E-state index in [9.17, 15) is 8.22 Å². The zero-order valence-corrected chi connectivity index (χ0v) is 20.5. The Morgan fingerprint density at radius 1 is 0.375 bits per heavy atom. The first kappa shape index (κ1) is 10.8. The van der Waals surface area contributed by atoms with E-state index in [2.05, 4.69) is 0 Å². The van der Waals surface area contributed by atoms with Crippen molar-refractivity contribution >= 4 is 43.1 Å². The van der Waals surface area contributed by atoms with Gasteiger partial charge in [-0.2, -0.15) is 0 Å². The van der Waals surface area contributed by atoms with Crippen LogP contribution in [0.1, 0.15) is 26.0 Å². The second-order valence-electron chi connectivity index (χ2n) is 9.06. The zero-order chi connectivity index (χ0) is 43.0. The third kappa shape index (κ3) is 3.61. The summed E-state index contributed by atoms with van der Waals surface area (Å²) in [6, 6.07) is -2.36. The van der Waals surface area contributed by atoms with Crippen LogP contribution >= 0.6 is 0 Å². The van der Waals surface area contributed by atoms with Crippen molar-refractivity contribution < 1.29 is 26.0 Å². The number of rotatable bonds is 3. The van der Waals surface area contributed by atoms with Crippen LogP contribution in [0, 0.1) is 0 Å². The summed E-state index contributed by atoms with van der Waals surface area (Å²) in [4.78, 5) is 0. The summed E-state index contributed by atoms with van der Waals surface area (Å²) >= 11 is 0. The molecule has 0 unspecified atom stereocenters. The van der Waals surface area contributed by atoms with Crippen molar-refractivity contribution in [2.24, 2.45) is 0 Å². The molecule has 0 aliphatic carbocycles. The molecule has 0 saturated carbocycles. The normalized spacial score (nSPS) is 18.1. The highest BCUT2D eigenvalue weighted by Crippen LogP contribution is 2.44. The Bertz CT molecular complexity index is 3170. The van der Waals surface area contributed by atoms with E-state index in [1.807, 2.05) is 12.1 Å². The first-order valence-corrected chi connectivity index (χ1v) is 12.3. The molecule has 8 aromatic rings. The molecule has 186 valence electrons. The average molecular weight is 526 g/mol. The van der Waals surface area contributed by atoms with E-state index in [4.69, 9.17) is 17.8 Å². The quantitative estimate of drug-likeness (QED) is 0.201. The molecule has 8 aromatic carbocycles. The molecule has 0 aliphatic rings. The Labute approximate surface area is 260 Å². The van der Waals surface area contributed by atoms with Crippen molar-refractivity contribution in [2.75, 3.05) is 0 Å². The minimum Gasteiger partial charge on any atom is -0.0616 e. The molecule has 0 bridgehead atoms. The van der Waals surface area contributed by atoms with Gasteiger partial charge in [0.05, 0.1) is 26.0 Å². The molecule has 0 fully saturated rings. The second kappa shape index (κ2) is 9.22. The summed E-state index contributed by atoms with van der Waals surface area (Å²) in [6.07, 6.45) is 0. The number of hydrogen-bond donors (Lipinski definition) is 0. The molecule has 0 atom stereocenters. The molecular formula is C40H26. The van der Waals surface area contributed by atoms with Crippen LogP contribution < -0.4 is 0 Å². The van der Waals surface area contributed by atoms with Crippen molar-refractivity contribution in [3.05, 3.63) is 157 Å². The van der Waals surface area contributed by atoms with Gasteiger partial charge in [-0.25, -0.2) is 0 Å². The summed E-state index contributed by atoms with van der Waals surface area (Å²) < 4.78 is 169. The highest BCUT2D eigenvalue weighted by Gasteiger charge is 2.17. The summed E-state index contributed by atoms with van der Waals surface area (Å²) in [5.41, 5.74) is -2.13. The fourth-order valence-electron chi connectivity index (χ4n) is 5.10. The molecule has 0 spiro atoms. The Morgan fingerprint density at radius 3 is 1.65 bits per heavy atom. The van der Waals surface area contributed by atoms with Gasteiger partial charge in [-0.15, -0.1) is 0 Å². The van der Waals surface area contributed by atoms with E-state index in [1.165, 1.54) is 0 Å². The maximum absolute atomic E-state index is 9.72. The number of fused-ring (bicyclic) bond motifs is 4. The van der Waals surface area contributed by atoms with Gasteiger partial charge in [0.1, 0.15) is 0 Å². The molecule has 0 saturated heterocycles. The van der Waals surface area contributed by atoms with Crippen molar-refractivity contribution in [1.82, 2.24) is 0 Å². The lowest BCUT2D eigenvalue weighted by atomic mass is 9.85. The maximum Gasteiger partial charge on any atom is 0.0636 e. The van der Waals surface area contributed by atoms with Gasteiger partial charge in [-0.05, 0) is 88.6 Å². The second-order valence-corrected chi connectivity index (χ2v) is 9.06. The van der Waals surface area contributed by atoms with Crippen LogP contribution in [0.15, 0.2) is 157 Å². The molecule has 0 amide bonds. The third-order valence-electron chi connectivity index (χ3n) is 6.85. The summed E-state index contributed by atoms with van der Waals surface area (Å²) in [5, 5.41) is -0.789. The molecule has 0 N–H and O–H groups in total. The van der Waals surface area contributed by atoms with E-state index in [0.717, 1.165) is 5.39 Å². The van der Waals surface area contributed by atoms with Crippen LogP contribution in [0.5, 0.6) is 0 Å². The molecule has 0 aromatic heterocycles. The molecule has 0 aliphatic heterocycles. The van der Waals surface area contributed by atoms with Gasteiger partial charge in [0.25, 0.3) is 0 Å². The van der Waals surface area contributed by atoms with Crippen molar-refractivity contribution in [1.29, 1.82) is 0 Å². The van der Waals surface area contributed by atoms with Gasteiger partial charge in [0.15, 0.2) is 0 Å². The van der Waals surface area contributed by atoms with Crippen molar-refractivity contribution in [3.8, 4) is 33.4 Å². The largest absolute Gasteiger partial charge is 0.0636 e. The predicted octanol–water partition coefficient (Wildman–Crippen LogP) is 11.3. The molecular weight excluding hydrogens is 480 g/mol. The van der Waals surface area contributed by atoms with E-state index >= 15 is 0 Å². The molecule has 40 heavy (non-hydrogen) atoms. The SMILES string of the molecule is [2H]c1c([2H])c(-c2c([2H])c([2H])c([2H])c3c([2H])c([2H])c([2H])c([2H])c23)c([2H])c(-c2c3c([2H])c([2H])c([2H])c([2H])c3c(-c3ccc4ccccc4c3)c3c([2H])c([2H])c([2H])c([2H])c23)c1[2H]. The van der Waals surface area contributed by atoms with Crippen LogP contribution in [0.4, 0.5) is 0 Å². The third-order valence-corrected chi connectivity index (χ3v) is 6.85. The first-order chi connectivity index (χ1) is 27.8. The van der Waals surface area contributed by atoms with E-state index in [-0.39, 0.29) is 27.1 Å². The van der Waals surface area contributed by atoms with Crippen LogP contribution in [-0.4, -0.2) is 0 Å². The zero-order valence-electron chi connectivity index (χ0n) is 39.5. The van der Waals surface area contributed by atoms with E-state index in [1.54, 1.807) is 30.3 Å². The standard InChI is InChI=1S/C40H26/c1-2-13-29-25-32(24-23-27(29)11-1)40-37-20-7-5-18-35(37)39(36-19-6-8-21-38(36)40)31-16-9-15-30(26-31)34-22-10-14-28-12-3-4-17-33(28)34/h1-26H/i3D,4D,5D,6D,7D,8D,9D,10D,12D,14D,15D,16D,17D,18D,19D,20D,21D,22D,26D. The summed E-state index contributed by atoms with van der Waals surface area (Å²) in [6.45, 7) is 0. The van der Waals surface area contributed by atoms with Crippen LogP contribution in [-0.2, 0) is 0 Å². The van der Waals surface area contributed by atoms with Crippen LogP contribution in [0.25, 0.3) is 76.5 Å². The van der Waals surface area contributed by atoms with E-state index < -0.39 is 148 Å². The topological polar surface area (TPSA) is 0 Å². The van der Waals surface area contributed by atoms with Gasteiger partial charge >= 0.3 is 0 Å². The minimum absolute atomic E-state index is 0.00897. The Hall–Kier alpha value is -5.20. The molecule has 8 rings (SSSR count). The lowest BCUT2D eigenvalue weighted by molar-refractivity contribution is 1.63. The van der Waals surface area contributed by atoms with Crippen LogP contribution in [0.2, 0.25) is 0 Å². The molecule has 0 heterocycles. The summed E-state index contributed by atoms with van der Waals surface area (Å²) in [5.74, 6) is 0. The highest BCUT2D eigenvalue weighted by atomic mass is 14.2. The molecule has 0 heteroatoms. The monoisotopic (exact) mass is 525 g/mol. The Kier molecular flexibility index (Phi) is 2.48. The van der Waals surface area contributed by atoms with Gasteiger partial charge in [-0.3, -0.25) is 0 Å². The lowest BCUT2D eigenvalue weighted by Crippen LogP contribution is -1.91. The smallest absolute Gasteiger partial charge is 0.0616 e. The first-order valence-electron chi connectivity index (χ1n) is 21.8. The maximum atomic E-state index is 9.72. The van der Waals surface area contributed by atoms with Crippen molar-refractivity contribution in [2.45, 2.75) is 0 Å². The highest BCUT2D eigenvalue weighted by molar-refractivity contribution is 6.22. The Balaban J connectivity index is 1.70. The summed E-state index contributed by atoms with van der Waals surface area (Å²) in [7, 11) is 0. The fourth-order valence-corrected chi connectivity index (χ4v) is 5.10. The van der Waals surface area contributed by atoms with Crippen molar-refractivity contribution in [3.63, 3.8) is 0 Å².